The number of rotatable bonds is 4. The lowest BCUT2D eigenvalue weighted by molar-refractivity contribution is -0.140. The molecule has 6 heteroatoms. The summed E-state index contributed by atoms with van der Waals surface area (Å²) in [4.78, 5) is 10.8. The number of aliphatic carboxylic acids is 1. The highest BCUT2D eigenvalue weighted by Crippen LogP contribution is 2.54. The highest BCUT2D eigenvalue weighted by atomic mass is 35.5. The molecule has 0 aliphatic rings. The summed E-state index contributed by atoms with van der Waals surface area (Å²) in [6.07, 6.45) is 0.345. The van der Waals surface area contributed by atoms with E-state index in [-0.39, 0.29) is 0 Å². The zero-order valence-electron chi connectivity index (χ0n) is 8.07. The quantitative estimate of drug-likeness (QED) is 0.795. The fourth-order valence-corrected chi connectivity index (χ4v) is 1.74. The fraction of sp³-hybridized carbons (Fsp3) is 0.875. The summed E-state index contributed by atoms with van der Waals surface area (Å²) in [5.74, 6) is -1.36. The van der Waals surface area contributed by atoms with E-state index in [0.717, 1.165) is 0 Å². The largest absolute Gasteiger partial charge is 0.479 e. The predicted octanol–water partition coefficient (Wildman–Crippen LogP) is 3.86. The van der Waals surface area contributed by atoms with Crippen LogP contribution in [-0.2, 0) is 4.79 Å². The molecule has 0 bridgehead atoms. The summed E-state index contributed by atoms with van der Waals surface area (Å²) in [6.45, 7) is 4.77. The van der Waals surface area contributed by atoms with Crippen molar-refractivity contribution in [1.82, 2.24) is 0 Å². The van der Waals surface area contributed by atoms with Crippen LogP contribution in [0.25, 0.3) is 0 Å². The molecule has 0 unspecified atom stereocenters. The van der Waals surface area contributed by atoms with Gasteiger partial charge < -0.3 is 5.11 Å². The lowest BCUT2D eigenvalue weighted by Gasteiger charge is -2.42. The predicted molar refractivity (Wildman–Crippen MR) is 60.6 cm³/mol. The van der Waals surface area contributed by atoms with Crippen LogP contribution in [-0.4, -0.2) is 19.7 Å². The highest BCUT2D eigenvalue weighted by molar-refractivity contribution is 6.60. The Morgan fingerprint density at radius 3 is 1.79 bits per heavy atom. The van der Waals surface area contributed by atoms with Gasteiger partial charge in [-0.25, -0.2) is 4.79 Å². The van der Waals surface area contributed by atoms with E-state index in [1.54, 1.807) is 6.92 Å². The highest BCUT2D eigenvalue weighted by Gasteiger charge is 2.58. The minimum atomic E-state index is -2.02. The van der Waals surface area contributed by atoms with Gasteiger partial charge in [-0.2, -0.15) is 0 Å². The van der Waals surface area contributed by atoms with Gasteiger partial charge in [0.25, 0.3) is 0 Å². The maximum Gasteiger partial charge on any atom is 0.340 e. The number of alkyl halides is 4. The molecular formula is C8H12Cl4O2. The first-order valence-corrected chi connectivity index (χ1v) is 5.51. The van der Waals surface area contributed by atoms with Crippen molar-refractivity contribution < 1.29 is 9.90 Å². The van der Waals surface area contributed by atoms with Crippen LogP contribution >= 0.6 is 46.4 Å². The second-order valence-corrected chi connectivity index (χ2v) is 6.37. The van der Waals surface area contributed by atoms with Crippen LogP contribution < -0.4 is 0 Å². The summed E-state index contributed by atoms with van der Waals surface area (Å²) < 4.78 is -3.32. The van der Waals surface area contributed by atoms with Crippen molar-refractivity contribution in [2.75, 3.05) is 0 Å². The number of carboxylic acid groups (broad SMARTS) is 1. The summed E-state index contributed by atoms with van der Waals surface area (Å²) in [5, 5.41) is 8.85. The molecule has 0 saturated heterocycles. The Kier molecular flexibility index (Phi) is 4.44. The van der Waals surface area contributed by atoms with E-state index in [1.807, 2.05) is 0 Å². The third-order valence-electron chi connectivity index (χ3n) is 2.41. The van der Waals surface area contributed by atoms with E-state index in [2.05, 4.69) is 0 Å². The summed E-state index contributed by atoms with van der Waals surface area (Å²) in [7, 11) is 0. The van der Waals surface area contributed by atoms with Crippen molar-refractivity contribution in [3.8, 4) is 0 Å². The van der Waals surface area contributed by atoms with Gasteiger partial charge in [0, 0.05) is 5.41 Å². The monoisotopic (exact) mass is 280 g/mol. The van der Waals surface area contributed by atoms with Gasteiger partial charge >= 0.3 is 5.97 Å². The molecule has 84 valence electrons. The SMILES string of the molecule is CCC(Cl)(Cl)C(C)(C)C(Cl)(Cl)C(=O)O. The minimum Gasteiger partial charge on any atom is -0.479 e. The number of hydrogen-bond acceptors (Lipinski definition) is 1. The summed E-state index contributed by atoms with van der Waals surface area (Å²) >= 11 is 23.4. The molecule has 0 atom stereocenters. The van der Waals surface area contributed by atoms with Crippen LogP contribution in [0.4, 0.5) is 0 Å². The van der Waals surface area contributed by atoms with Gasteiger partial charge in [-0.15, -0.1) is 23.2 Å². The van der Waals surface area contributed by atoms with Gasteiger partial charge in [0.15, 0.2) is 0 Å². The minimum absolute atomic E-state index is 0.345. The maximum atomic E-state index is 10.8. The van der Waals surface area contributed by atoms with Crippen molar-refractivity contribution in [1.29, 1.82) is 0 Å². The third kappa shape index (κ3) is 2.24. The topological polar surface area (TPSA) is 37.3 Å². The van der Waals surface area contributed by atoms with Gasteiger partial charge in [0.05, 0.1) is 0 Å². The second-order valence-electron chi connectivity index (χ2n) is 3.56. The van der Waals surface area contributed by atoms with Crippen molar-refractivity contribution in [3.63, 3.8) is 0 Å². The van der Waals surface area contributed by atoms with E-state index in [1.165, 1.54) is 13.8 Å². The average Bonchev–Trinajstić information content (AvgIpc) is 2.03. The van der Waals surface area contributed by atoms with Crippen LogP contribution in [0, 0.1) is 5.41 Å². The first kappa shape index (κ1) is 14.6. The third-order valence-corrected chi connectivity index (χ3v) is 5.16. The molecule has 14 heavy (non-hydrogen) atoms. The van der Waals surface area contributed by atoms with E-state index >= 15 is 0 Å². The molecule has 0 saturated carbocycles. The van der Waals surface area contributed by atoms with E-state index in [4.69, 9.17) is 51.5 Å². The lowest BCUT2D eigenvalue weighted by Crippen LogP contribution is -2.51. The van der Waals surface area contributed by atoms with Crippen LogP contribution in [0.5, 0.6) is 0 Å². The Balaban J connectivity index is 5.24. The first-order valence-electron chi connectivity index (χ1n) is 3.99. The van der Waals surface area contributed by atoms with Crippen LogP contribution in [0.2, 0.25) is 0 Å². The van der Waals surface area contributed by atoms with E-state index in [0.29, 0.717) is 6.42 Å². The standard InChI is InChI=1S/C8H12Cl4O2/c1-4-7(9,10)6(2,3)8(11,12)5(13)14/h4H2,1-3H3,(H,13,14). The van der Waals surface area contributed by atoms with Crippen molar-refractivity contribution in [3.05, 3.63) is 0 Å². The zero-order chi connectivity index (χ0) is 11.8. The number of hydrogen-bond donors (Lipinski definition) is 1. The van der Waals surface area contributed by atoms with E-state index in [9.17, 15) is 4.79 Å². The number of carboxylic acids is 1. The van der Waals surface area contributed by atoms with Gasteiger partial charge in [-0.1, -0.05) is 44.0 Å². The summed E-state index contributed by atoms with van der Waals surface area (Å²) in [6, 6.07) is 0. The first-order chi connectivity index (χ1) is 6.00. The van der Waals surface area contributed by atoms with Gasteiger partial charge in [-0.3, -0.25) is 0 Å². The van der Waals surface area contributed by atoms with Gasteiger partial charge in [-0.05, 0) is 6.42 Å². The molecule has 0 spiro atoms. The molecule has 1 N–H and O–H groups in total. The molecule has 0 rings (SSSR count). The molecule has 0 aromatic rings. The molecule has 0 aliphatic carbocycles. The molecule has 0 heterocycles. The zero-order valence-corrected chi connectivity index (χ0v) is 11.1. The second kappa shape index (κ2) is 4.25. The van der Waals surface area contributed by atoms with E-state index < -0.39 is 20.1 Å². The van der Waals surface area contributed by atoms with Crippen molar-refractivity contribution in [2.45, 2.75) is 35.9 Å². The molecule has 0 radical (unpaired) electrons. The van der Waals surface area contributed by atoms with Crippen LogP contribution in [0.15, 0.2) is 0 Å². The van der Waals surface area contributed by atoms with Crippen LogP contribution in [0.3, 0.4) is 0 Å². The lowest BCUT2D eigenvalue weighted by atomic mass is 9.82. The molecule has 0 aromatic carbocycles. The molecule has 0 fully saturated rings. The fourth-order valence-electron chi connectivity index (χ4n) is 0.939. The summed E-state index contributed by atoms with van der Waals surface area (Å²) in [5.41, 5.74) is -1.17. The Bertz CT molecular complexity index is 235. The molecular weight excluding hydrogens is 270 g/mol. The van der Waals surface area contributed by atoms with Gasteiger partial charge in [0.1, 0.15) is 4.33 Å². The molecule has 0 aromatic heterocycles. The molecule has 2 nitrogen and oxygen atoms in total. The molecule has 0 amide bonds. The van der Waals surface area contributed by atoms with Crippen LogP contribution in [0.1, 0.15) is 27.2 Å². The number of carbonyl (C=O) groups is 1. The maximum absolute atomic E-state index is 10.8. The Morgan fingerprint density at radius 2 is 1.57 bits per heavy atom. The molecule has 0 aliphatic heterocycles. The van der Waals surface area contributed by atoms with Crippen molar-refractivity contribution in [2.24, 2.45) is 5.41 Å². The Hall–Kier alpha value is 0.630. The number of halogens is 4. The van der Waals surface area contributed by atoms with Crippen molar-refractivity contribution >= 4 is 52.4 Å². The Labute approximate surface area is 103 Å². The van der Waals surface area contributed by atoms with Gasteiger partial charge in [0.2, 0.25) is 4.33 Å². The average molecular weight is 282 g/mol. The normalized spacial score (nSPS) is 14.2. The smallest absolute Gasteiger partial charge is 0.340 e. The Morgan fingerprint density at radius 1 is 1.21 bits per heavy atom.